The Morgan fingerprint density at radius 3 is 2.77 bits per heavy atom. The van der Waals surface area contributed by atoms with Gasteiger partial charge in [0.15, 0.2) is 0 Å². The maximum atomic E-state index is 5.83. The van der Waals surface area contributed by atoms with Gasteiger partial charge in [0.1, 0.15) is 11.5 Å². The van der Waals surface area contributed by atoms with Gasteiger partial charge in [0.25, 0.3) is 0 Å². The number of hydrogen-bond acceptors (Lipinski definition) is 1. The van der Waals surface area contributed by atoms with Crippen molar-refractivity contribution in [3.63, 3.8) is 0 Å². The van der Waals surface area contributed by atoms with Crippen LogP contribution < -0.4 is 0 Å². The van der Waals surface area contributed by atoms with Crippen LogP contribution in [0.5, 0.6) is 0 Å². The average molecular weight is 178 g/mol. The molecule has 1 aliphatic carbocycles. The third-order valence-corrected chi connectivity index (χ3v) is 3.22. The molecule has 3 atom stereocenters. The van der Waals surface area contributed by atoms with Crippen molar-refractivity contribution >= 4 is 0 Å². The summed E-state index contributed by atoms with van der Waals surface area (Å²) in [7, 11) is 0. The summed E-state index contributed by atoms with van der Waals surface area (Å²) >= 11 is 0. The Morgan fingerprint density at radius 1 is 1.54 bits per heavy atom. The van der Waals surface area contributed by atoms with Gasteiger partial charge in [0, 0.05) is 11.8 Å². The summed E-state index contributed by atoms with van der Waals surface area (Å²) in [6, 6.07) is 4.31. The van der Waals surface area contributed by atoms with Crippen LogP contribution in [0.3, 0.4) is 0 Å². The van der Waals surface area contributed by atoms with E-state index in [4.69, 9.17) is 4.42 Å². The molecule has 1 heterocycles. The molecule has 1 heteroatoms. The Kier molecular flexibility index (Phi) is 2.19. The van der Waals surface area contributed by atoms with Crippen molar-refractivity contribution in [2.24, 2.45) is 5.92 Å². The van der Waals surface area contributed by atoms with Crippen molar-refractivity contribution in [2.75, 3.05) is 0 Å². The van der Waals surface area contributed by atoms with Crippen LogP contribution in [0.2, 0.25) is 0 Å². The predicted octanol–water partition coefficient (Wildman–Crippen LogP) is 3.92. The molecule has 0 saturated heterocycles. The summed E-state index contributed by atoms with van der Waals surface area (Å²) in [6.45, 7) is 6.71. The van der Waals surface area contributed by atoms with Crippen LogP contribution in [0.4, 0.5) is 0 Å². The zero-order valence-corrected chi connectivity index (χ0v) is 8.71. The van der Waals surface area contributed by atoms with Gasteiger partial charge in [-0.25, -0.2) is 0 Å². The molecule has 0 spiro atoms. The zero-order chi connectivity index (χ0) is 9.42. The molecule has 0 N–H and O–H groups in total. The van der Waals surface area contributed by atoms with Crippen molar-refractivity contribution < 1.29 is 4.42 Å². The van der Waals surface area contributed by atoms with E-state index in [1.807, 2.05) is 0 Å². The molecule has 0 radical (unpaired) electrons. The first-order valence-corrected chi connectivity index (χ1v) is 5.32. The van der Waals surface area contributed by atoms with Crippen LogP contribution in [0.25, 0.3) is 0 Å². The number of hydrogen-bond donors (Lipinski definition) is 0. The topological polar surface area (TPSA) is 13.1 Å². The molecule has 3 unspecified atom stereocenters. The lowest BCUT2D eigenvalue weighted by Crippen LogP contribution is -1.86. The minimum atomic E-state index is 0.572. The fourth-order valence-corrected chi connectivity index (χ4v) is 1.75. The van der Waals surface area contributed by atoms with E-state index in [1.165, 1.54) is 12.2 Å². The highest BCUT2D eigenvalue weighted by atomic mass is 16.3. The van der Waals surface area contributed by atoms with E-state index in [1.54, 1.807) is 0 Å². The lowest BCUT2D eigenvalue weighted by Gasteiger charge is -2.02. The van der Waals surface area contributed by atoms with E-state index in [0.717, 1.165) is 24.0 Å². The van der Waals surface area contributed by atoms with E-state index < -0.39 is 0 Å². The Morgan fingerprint density at radius 2 is 2.23 bits per heavy atom. The van der Waals surface area contributed by atoms with E-state index >= 15 is 0 Å². The lowest BCUT2D eigenvalue weighted by atomic mass is 10.1. The SMILES string of the molecule is CCC(C)c1ccc(C2CC2C)o1. The van der Waals surface area contributed by atoms with E-state index in [0.29, 0.717) is 5.92 Å². The lowest BCUT2D eigenvalue weighted by molar-refractivity contribution is 0.432. The van der Waals surface area contributed by atoms with Gasteiger partial charge in [0.05, 0.1) is 0 Å². The highest BCUT2D eigenvalue weighted by Gasteiger charge is 2.36. The summed E-state index contributed by atoms with van der Waals surface area (Å²) in [6.07, 6.45) is 2.47. The number of rotatable bonds is 3. The molecular weight excluding hydrogens is 160 g/mol. The molecular formula is C12H18O. The van der Waals surface area contributed by atoms with Gasteiger partial charge in [-0.3, -0.25) is 0 Å². The fraction of sp³-hybridized carbons (Fsp3) is 0.667. The van der Waals surface area contributed by atoms with Gasteiger partial charge in [-0.1, -0.05) is 20.8 Å². The number of furan rings is 1. The second-order valence-corrected chi connectivity index (χ2v) is 4.37. The molecule has 0 bridgehead atoms. The summed E-state index contributed by atoms with van der Waals surface area (Å²) in [5, 5.41) is 0. The van der Waals surface area contributed by atoms with Crippen molar-refractivity contribution in [1.82, 2.24) is 0 Å². The largest absolute Gasteiger partial charge is 0.466 e. The first-order chi connectivity index (χ1) is 6.22. The predicted molar refractivity (Wildman–Crippen MR) is 53.9 cm³/mol. The molecule has 72 valence electrons. The van der Waals surface area contributed by atoms with Gasteiger partial charge < -0.3 is 4.42 Å². The molecule has 0 amide bonds. The Hall–Kier alpha value is -0.720. The van der Waals surface area contributed by atoms with Crippen LogP contribution in [-0.2, 0) is 0 Å². The molecule has 1 saturated carbocycles. The smallest absolute Gasteiger partial charge is 0.107 e. The molecule has 1 aromatic rings. The second-order valence-electron chi connectivity index (χ2n) is 4.37. The Balaban J connectivity index is 2.09. The average Bonchev–Trinajstić information content (AvgIpc) is 2.70. The van der Waals surface area contributed by atoms with Crippen molar-refractivity contribution in [3.05, 3.63) is 23.7 Å². The van der Waals surface area contributed by atoms with E-state index in [2.05, 4.69) is 32.9 Å². The van der Waals surface area contributed by atoms with Crippen molar-refractivity contribution in [3.8, 4) is 0 Å². The molecule has 0 aliphatic heterocycles. The summed E-state index contributed by atoms with van der Waals surface area (Å²) < 4.78 is 5.83. The van der Waals surface area contributed by atoms with Gasteiger partial charge in [-0.15, -0.1) is 0 Å². The standard InChI is InChI=1S/C12H18O/c1-4-8(2)11-5-6-12(13-11)10-7-9(10)3/h5-6,8-10H,4,7H2,1-3H3. The molecule has 1 fully saturated rings. The van der Waals surface area contributed by atoms with Crippen LogP contribution in [0.15, 0.2) is 16.5 Å². The normalized spacial score (nSPS) is 28.8. The third-order valence-electron chi connectivity index (χ3n) is 3.22. The summed E-state index contributed by atoms with van der Waals surface area (Å²) in [4.78, 5) is 0. The highest BCUT2D eigenvalue weighted by Crippen LogP contribution is 2.47. The molecule has 2 rings (SSSR count). The van der Waals surface area contributed by atoms with Gasteiger partial charge in [-0.2, -0.15) is 0 Å². The highest BCUT2D eigenvalue weighted by molar-refractivity contribution is 5.19. The Bertz CT molecular complexity index is 269. The van der Waals surface area contributed by atoms with Crippen LogP contribution in [0, 0.1) is 5.92 Å². The summed E-state index contributed by atoms with van der Waals surface area (Å²) in [5.74, 6) is 4.51. The van der Waals surface area contributed by atoms with Gasteiger partial charge >= 0.3 is 0 Å². The van der Waals surface area contributed by atoms with Crippen LogP contribution >= 0.6 is 0 Å². The van der Waals surface area contributed by atoms with E-state index in [-0.39, 0.29) is 0 Å². The van der Waals surface area contributed by atoms with Crippen LogP contribution in [0.1, 0.15) is 57.0 Å². The van der Waals surface area contributed by atoms with Gasteiger partial charge in [-0.05, 0) is 30.9 Å². The maximum absolute atomic E-state index is 5.83. The second kappa shape index (κ2) is 3.21. The van der Waals surface area contributed by atoms with Crippen molar-refractivity contribution in [1.29, 1.82) is 0 Å². The van der Waals surface area contributed by atoms with E-state index in [9.17, 15) is 0 Å². The summed E-state index contributed by atoms with van der Waals surface area (Å²) in [5.41, 5.74) is 0. The minimum absolute atomic E-state index is 0.572. The molecule has 1 nitrogen and oxygen atoms in total. The molecule has 1 aliphatic rings. The third kappa shape index (κ3) is 1.65. The molecule has 1 aromatic heterocycles. The molecule has 0 aromatic carbocycles. The molecule has 13 heavy (non-hydrogen) atoms. The quantitative estimate of drug-likeness (QED) is 0.683. The minimum Gasteiger partial charge on any atom is -0.466 e. The Labute approximate surface area is 80.1 Å². The fourth-order valence-electron chi connectivity index (χ4n) is 1.75. The zero-order valence-electron chi connectivity index (χ0n) is 8.71. The first kappa shape index (κ1) is 8.86. The van der Waals surface area contributed by atoms with Crippen molar-refractivity contribution in [2.45, 2.75) is 45.4 Å². The van der Waals surface area contributed by atoms with Gasteiger partial charge in [0.2, 0.25) is 0 Å². The maximum Gasteiger partial charge on any atom is 0.107 e. The van der Waals surface area contributed by atoms with Crippen LogP contribution in [-0.4, -0.2) is 0 Å². The monoisotopic (exact) mass is 178 g/mol. The first-order valence-electron chi connectivity index (χ1n) is 5.32.